The van der Waals surface area contributed by atoms with Crippen LogP contribution in [-0.4, -0.2) is 17.8 Å². The fourth-order valence-corrected chi connectivity index (χ4v) is 2.61. The van der Waals surface area contributed by atoms with E-state index in [4.69, 9.17) is 9.47 Å². The van der Waals surface area contributed by atoms with Gasteiger partial charge < -0.3 is 9.47 Å². The van der Waals surface area contributed by atoms with Gasteiger partial charge in [0.1, 0.15) is 5.82 Å². The lowest BCUT2D eigenvalue weighted by Gasteiger charge is -2.30. The Morgan fingerprint density at radius 2 is 1.89 bits per heavy atom. The second kappa shape index (κ2) is 5.59. The van der Waals surface area contributed by atoms with Crippen molar-refractivity contribution in [1.29, 1.82) is 0 Å². The van der Waals surface area contributed by atoms with Crippen LogP contribution in [0.2, 0.25) is 0 Å². The Morgan fingerprint density at radius 1 is 1.21 bits per heavy atom. The number of hydrogen-bond donors (Lipinski definition) is 0. The largest absolute Gasteiger partial charge is 0.374 e. The molecule has 0 saturated carbocycles. The summed E-state index contributed by atoms with van der Waals surface area (Å²) >= 11 is 0. The van der Waals surface area contributed by atoms with Gasteiger partial charge in [0.25, 0.3) is 0 Å². The Kier molecular flexibility index (Phi) is 4.26. The zero-order valence-electron chi connectivity index (χ0n) is 12.0. The van der Waals surface area contributed by atoms with E-state index in [9.17, 15) is 4.39 Å². The summed E-state index contributed by atoms with van der Waals surface area (Å²) in [6.45, 7) is 7.51. The van der Waals surface area contributed by atoms with Gasteiger partial charge in [0, 0.05) is 0 Å². The third-order valence-corrected chi connectivity index (χ3v) is 3.87. The highest BCUT2D eigenvalue weighted by atomic mass is 19.1. The average Bonchev–Trinajstić information content (AvgIpc) is 2.68. The maximum absolute atomic E-state index is 12.8. The molecule has 0 radical (unpaired) electrons. The molecule has 0 N–H and O–H groups in total. The third-order valence-electron chi connectivity index (χ3n) is 3.87. The average molecular weight is 266 g/mol. The van der Waals surface area contributed by atoms with Gasteiger partial charge in [-0.25, -0.2) is 4.39 Å². The molecule has 1 saturated heterocycles. The Morgan fingerprint density at radius 3 is 2.42 bits per heavy atom. The first-order valence-corrected chi connectivity index (χ1v) is 6.97. The molecule has 1 aromatic rings. The van der Waals surface area contributed by atoms with Crippen LogP contribution in [0.25, 0.3) is 0 Å². The third kappa shape index (κ3) is 3.77. The Labute approximate surface area is 114 Å². The molecule has 1 aromatic carbocycles. The highest BCUT2D eigenvalue weighted by molar-refractivity contribution is 5.15. The van der Waals surface area contributed by atoms with Crippen LogP contribution in [0.4, 0.5) is 4.39 Å². The minimum atomic E-state index is -0.213. The van der Waals surface area contributed by atoms with Gasteiger partial charge in [-0.15, -0.1) is 0 Å². The maximum Gasteiger partial charge on any atom is 0.123 e. The molecule has 1 heterocycles. The van der Waals surface area contributed by atoms with Crippen molar-refractivity contribution in [3.63, 3.8) is 0 Å². The highest BCUT2D eigenvalue weighted by Gasteiger charge is 2.43. The predicted molar refractivity (Wildman–Crippen MR) is 73.5 cm³/mol. The van der Waals surface area contributed by atoms with Crippen molar-refractivity contribution in [3.8, 4) is 0 Å². The van der Waals surface area contributed by atoms with E-state index in [1.54, 1.807) is 12.1 Å². The normalized spacial score (nSPS) is 25.7. The summed E-state index contributed by atoms with van der Waals surface area (Å²) in [5.41, 5.74) is 0.795. The lowest BCUT2D eigenvalue weighted by atomic mass is 9.96. The first-order valence-electron chi connectivity index (χ1n) is 6.97. The van der Waals surface area contributed by atoms with Crippen molar-refractivity contribution in [3.05, 3.63) is 35.6 Å². The summed E-state index contributed by atoms with van der Waals surface area (Å²) in [6.07, 6.45) is 3.07. The summed E-state index contributed by atoms with van der Waals surface area (Å²) < 4.78 is 24.7. The molecule has 0 amide bonds. The zero-order valence-corrected chi connectivity index (χ0v) is 12.0. The Bertz CT molecular complexity index is 413. The summed E-state index contributed by atoms with van der Waals surface area (Å²) in [5.74, 6) is -0.213. The second-order valence-corrected chi connectivity index (χ2v) is 6.02. The molecule has 0 bridgehead atoms. The fourth-order valence-electron chi connectivity index (χ4n) is 2.61. The van der Waals surface area contributed by atoms with Crippen molar-refractivity contribution in [1.82, 2.24) is 0 Å². The number of benzene rings is 1. The lowest BCUT2D eigenvalue weighted by Crippen LogP contribution is -2.36. The van der Waals surface area contributed by atoms with Crippen LogP contribution in [-0.2, 0) is 16.1 Å². The van der Waals surface area contributed by atoms with E-state index in [2.05, 4.69) is 20.8 Å². The van der Waals surface area contributed by atoms with Crippen molar-refractivity contribution >= 4 is 0 Å². The minimum absolute atomic E-state index is 0.0464. The van der Waals surface area contributed by atoms with E-state index in [1.165, 1.54) is 12.1 Å². The molecular weight excluding hydrogens is 243 g/mol. The van der Waals surface area contributed by atoms with E-state index >= 15 is 0 Å². The molecule has 1 aliphatic heterocycles. The molecule has 1 aliphatic rings. The first-order chi connectivity index (χ1) is 8.95. The van der Waals surface area contributed by atoms with Crippen LogP contribution in [0.3, 0.4) is 0 Å². The first kappa shape index (κ1) is 14.5. The zero-order chi connectivity index (χ0) is 13.9. The quantitative estimate of drug-likeness (QED) is 0.799. The SMILES string of the molecule is CCC1(COCc2ccc(F)cc2)CCC(C)(C)O1. The summed E-state index contributed by atoms with van der Waals surface area (Å²) in [5, 5.41) is 0. The molecule has 0 spiro atoms. The van der Waals surface area contributed by atoms with Crippen LogP contribution < -0.4 is 0 Å². The van der Waals surface area contributed by atoms with E-state index in [0.29, 0.717) is 13.2 Å². The lowest BCUT2D eigenvalue weighted by molar-refractivity contribution is -0.126. The number of halogens is 1. The summed E-state index contributed by atoms with van der Waals surface area (Å²) in [7, 11) is 0. The molecule has 0 aromatic heterocycles. The van der Waals surface area contributed by atoms with E-state index < -0.39 is 0 Å². The van der Waals surface area contributed by atoms with Gasteiger partial charge in [-0.05, 0) is 50.8 Å². The molecular formula is C16H23FO2. The van der Waals surface area contributed by atoms with Crippen molar-refractivity contribution in [2.45, 2.75) is 57.8 Å². The van der Waals surface area contributed by atoms with E-state index in [0.717, 1.165) is 24.8 Å². The van der Waals surface area contributed by atoms with Gasteiger partial charge in [0.15, 0.2) is 0 Å². The van der Waals surface area contributed by atoms with Gasteiger partial charge in [-0.2, -0.15) is 0 Å². The monoisotopic (exact) mass is 266 g/mol. The maximum atomic E-state index is 12.8. The Balaban J connectivity index is 1.86. The number of rotatable bonds is 5. The Hall–Kier alpha value is -0.930. The molecule has 2 nitrogen and oxygen atoms in total. The molecule has 2 rings (SSSR count). The molecule has 1 unspecified atom stereocenters. The van der Waals surface area contributed by atoms with Gasteiger partial charge in [0.2, 0.25) is 0 Å². The highest BCUT2D eigenvalue weighted by Crippen LogP contribution is 2.39. The fraction of sp³-hybridized carbons (Fsp3) is 0.625. The summed E-state index contributed by atoms with van der Waals surface area (Å²) in [6, 6.07) is 6.44. The molecule has 3 heteroatoms. The van der Waals surface area contributed by atoms with Crippen LogP contribution in [0, 0.1) is 5.82 Å². The van der Waals surface area contributed by atoms with Gasteiger partial charge >= 0.3 is 0 Å². The van der Waals surface area contributed by atoms with Crippen molar-refractivity contribution < 1.29 is 13.9 Å². The number of hydrogen-bond acceptors (Lipinski definition) is 2. The molecule has 19 heavy (non-hydrogen) atoms. The molecule has 1 atom stereocenters. The summed E-state index contributed by atoms with van der Waals surface area (Å²) in [4.78, 5) is 0. The molecule has 1 fully saturated rings. The van der Waals surface area contributed by atoms with Crippen LogP contribution >= 0.6 is 0 Å². The topological polar surface area (TPSA) is 18.5 Å². The van der Waals surface area contributed by atoms with E-state index in [1.807, 2.05) is 0 Å². The smallest absolute Gasteiger partial charge is 0.123 e. The van der Waals surface area contributed by atoms with Crippen LogP contribution in [0.1, 0.15) is 45.6 Å². The standard InChI is InChI=1S/C16H23FO2/c1-4-16(10-9-15(2,3)19-16)12-18-11-13-5-7-14(17)8-6-13/h5-8H,4,9-12H2,1-3H3. The second-order valence-electron chi connectivity index (χ2n) is 6.02. The van der Waals surface area contributed by atoms with E-state index in [-0.39, 0.29) is 17.0 Å². The predicted octanol–water partition coefficient (Wildman–Crippen LogP) is 4.08. The molecule has 0 aliphatic carbocycles. The number of ether oxygens (including phenoxy) is 2. The van der Waals surface area contributed by atoms with Gasteiger partial charge in [-0.1, -0.05) is 19.1 Å². The van der Waals surface area contributed by atoms with Crippen LogP contribution in [0.15, 0.2) is 24.3 Å². The van der Waals surface area contributed by atoms with Gasteiger partial charge in [-0.3, -0.25) is 0 Å². The van der Waals surface area contributed by atoms with Gasteiger partial charge in [0.05, 0.1) is 24.4 Å². The minimum Gasteiger partial charge on any atom is -0.374 e. The van der Waals surface area contributed by atoms with Crippen LogP contribution in [0.5, 0.6) is 0 Å². The van der Waals surface area contributed by atoms with Crippen molar-refractivity contribution in [2.24, 2.45) is 0 Å². The molecule has 106 valence electrons. The van der Waals surface area contributed by atoms with Crippen molar-refractivity contribution in [2.75, 3.05) is 6.61 Å².